The van der Waals surface area contributed by atoms with Gasteiger partial charge in [-0.15, -0.1) is 0 Å². The van der Waals surface area contributed by atoms with Crippen LogP contribution < -0.4 is 5.48 Å². The minimum absolute atomic E-state index is 0.0880. The molecule has 0 saturated heterocycles. The number of rotatable bonds is 2. The zero-order valence-electron chi connectivity index (χ0n) is 8.40. The summed E-state index contributed by atoms with van der Waals surface area (Å²) < 4.78 is 4.78. The van der Waals surface area contributed by atoms with Gasteiger partial charge in [-0.3, -0.25) is 4.79 Å². The van der Waals surface area contributed by atoms with E-state index in [2.05, 4.69) is 5.48 Å². The minimum Gasteiger partial charge on any atom is -0.469 e. The van der Waals surface area contributed by atoms with Crippen molar-refractivity contribution >= 4 is 5.97 Å². The number of esters is 1. The van der Waals surface area contributed by atoms with Gasteiger partial charge in [0.05, 0.1) is 13.0 Å². The van der Waals surface area contributed by atoms with Gasteiger partial charge in [0.1, 0.15) is 0 Å². The summed E-state index contributed by atoms with van der Waals surface area (Å²) in [5.74, 6) is 0.523. The third-order valence-corrected chi connectivity index (χ3v) is 3.84. The van der Waals surface area contributed by atoms with Crippen LogP contribution in [0.25, 0.3) is 0 Å². The second-order valence-electron chi connectivity index (χ2n) is 4.38. The Hall–Kier alpha value is -0.610. The molecule has 0 aliphatic heterocycles. The molecule has 0 aromatic carbocycles. The number of nitrogens with one attached hydrogen (secondary N) is 1. The first-order valence-corrected chi connectivity index (χ1v) is 5.25. The number of hydroxylamine groups is 1. The molecular formula is C10H17NO3. The van der Waals surface area contributed by atoms with Crippen LogP contribution in [0.2, 0.25) is 0 Å². The quantitative estimate of drug-likeness (QED) is 0.513. The molecule has 0 radical (unpaired) electrons. The lowest BCUT2D eigenvalue weighted by molar-refractivity contribution is -0.156. The first-order valence-electron chi connectivity index (χ1n) is 5.25. The summed E-state index contributed by atoms with van der Waals surface area (Å²) in [5, 5.41) is 9.07. The third kappa shape index (κ3) is 1.42. The lowest BCUT2D eigenvalue weighted by Crippen LogP contribution is -2.54. The van der Waals surface area contributed by atoms with Crippen LogP contribution in [0.3, 0.4) is 0 Å². The number of carbonyl (C=O) groups excluding carboxylic acids is 1. The Bertz CT molecular complexity index is 223. The Morgan fingerprint density at radius 1 is 1.29 bits per heavy atom. The number of hydrogen-bond acceptors (Lipinski definition) is 4. The van der Waals surface area contributed by atoms with Crippen molar-refractivity contribution in [1.29, 1.82) is 0 Å². The van der Waals surface area contributed by atoms with Crippen molar-refractivity contribution in [2.45, 2.75) is 31.7 Å². The molecule has 0 aromatic rings. The van der Waals surface area contributed by atoms with E-state index in [4.69, 9.17) is 9.94 Å². The normalized spacial score (nSPS) is 41.0. The van der Waals surface area contributed by atoms with Gasteiger partial charge in [-0.05, 0) is 37.5 Å². The molecule has 0 spiro atoms. The van der Waals surface area contributed by atoms with Crippen LogP contribution in [-0.4, -0.2) is 24.3 Å². The molecular weight excluding hydrogens is 182 g/mol. The van der Waals surface area contributed by atoms with Gasteiger partial charge in [-0.1, -0.05) is 0 Å². The second kappa shape index (κ2) is 3.87. The standard InChI is InChI=1S/C10H17NO3/c1-14-10(12)8-6-2-4-7(5-3-6)9(8)11-13/h6-9,11,13H,2-5H2,1H3/t6?,7?,8-,9-/m0/s1. The maximum absolute atomic E-state index is 11.6. The molecule has 4 heteroatoms. The highest BCUT2D eigenvalue weighted by atomic mass is 16.5. The molecule has 3 aliphatic rings. The summed E-state index contributed by atoms with van der Waals surface area (Å²) in [4.78, 5) is 11.6. The van der Waals surface area contributed by atoms with Gasteiger partial charge in [0, 0.05) is 6.04 Å². The largest absolute Gasteiger partial charge is 0.469 e. The van der Waals surface area contributed by atoms with Gasteiger partial charge in [0.15, 0.2) is 0 Å². The molecule has 3 rings (SSSR count). The molecule has 3 fully saturated rings. The van der Waals surface area contributed by atoms with Crippen molar-refractivity contribution in [2.75, 3.05) is 7.11 Å². The van der Waals surface area contributed by atoms with Crippen LogP contribution in [0.4, 0.5) is 0 Å². The highest BCUT2D eigenvalue weighted by molar-refractivity contribution is 5.74. The predicted octanol–water partition coefficient (Wildman–Crippen LogP) is 0.943. The van der Waals surface area contributed by atoms with Crippen LogP contribution in [0.5, 0.6) is 0 Å². The molecule has 0 aromatic heterocycles. The van der Waals surface area contributed by atoms with E-state index in [0.29, 0.717) is 11.8 Å². The Morgan fingerprint density at radius 2 is 1.86 bits per heavy atom. The first-order chi connectivity index (χ1) is 6.77. The van der Waals surface area contributed by atoms with E-state index in [-0.39, 0.29) is 17.9 Å². The second-order valence-corrected chi connectivity index (χ2v) is 4.38. The molecule has 4 nitrogen and oxygen atoms in total. The Morgan fingerprint density at radius 3 is 2.36 bits per heavy atom. The summed E-state index contributed by atoms with van der Waals surface area (Å²) in [5.41, 5.74) is 2.30. The number of fused-ring (bicyclic) bond motifs is 3. The molecule has 0 amide bonds. The summed E-state index contributed by atoms with van der Waals surface area (Å²) in [6.45, 7) is 0. The summed E-state index contributed by atoms with van der Waals surface area (Å²) in [7, 11) is 1.42. The van der Waals surface area contributed by atoms with Crippen LogP contribution in [0.1, 0.15) is 25.7 Å². The fourth-order valence-electron chi connectivity index (χ4n) is 3.11. The average molecular weight is 199 g/mol. The molecule has 3 aliphatic carbocycles. The summed E-state index contributed by atoms with van der Waals surface area (Å²) >= 11 is 0. The Labute approximate surface area is 83.6 Å². The van der Waals surface area contributed by atoms with Gasteiger partial charge in [0.2, 0.25) is 0 Å². The molecule has 80 valence electrons. The Kier molecular flexibility index (Phi) is 2.74. The maximum atomic E-state index is 11.6. The van der Waals surface area contributed by atoms with Crippen molar-refractivity contribution < 1.29 is 14.7 Å². The smallest absolute Gasteiger partial charge is 0.310 e. The molecule has 2 N–H and O–H groups in total. The van der Waals surface area contributed by atoms with Crippen molar-refractivity contribution in [2.24, 2.45) is 17.8 Å². The van der Waals surface area contributed by atoms with Gasteiger partial charge in [-0.25, -0.2) is 5.48 Å². The van der Waals surface area contributed by atoms with E-state index in [9.17, 15) is 4.79 Å². The minimum atomic E-state index is -0.175. The lowest BCUT2D eigenvalue weighted by atomic mass is 9.62. The summed E-state index contributed by atoms with van der Waals surface area (Å²) in [6, 6.07) is -0.0880. The molecule has 3 saturated carbocycles. The zero-order valence-corrected chi connectivity index (χ0v) is 8.40. The van der Waals surface area contributed by atoms with E-state index in [1.807, 2.05) is 0 Å². The fraction of sp³-hybridized carbons (Fsp3) is 0.900. The van der Waals surface area contributed by atoms with Crippen molar-refractivity contribution in [3.63, 3.8) is 0 Å². The van der Waals surface area contributed by atoms with Crippen molar-refractivity contribution in [3.05, 3.63) is 0 Å². The lowest BCUT2D eigenvalue weighted by Gasteiger charge is -2.46. The molecule has 0 heterocycles. The maximum Gasteiger partial charge on any atom is 0.310 e. The van der Waals surface area contributed by atoms with E-state index < -0.39 is 0 Å². The van der Waals surface area contributed by atoms with E-state index in [1.54, 1.807) is 0 Å². The molecule has 0 unspecified atom stereocenters. The van der Waals surface area contributed by atoms with Crippen LogP contribution in [0.15, 0.2) is 0 Å². The van der Waals surface area contributed by atoms with Crippen LogP contribution >= 0.6 is 0 Å². The number of hydrogen-bond donors (Lipinski definition) is 2. The predicted molar refractivity (Wildman–Crippen MR) is 49.7 cm³/mol. The first kappa shape index (κ1) is 9.93. The SMILES string of the molecule is COC(=O)[C@H]1C2CCC(CC2)[C@@H]1NO. The van der Waals surface area contributed by atoms with Crippen molar-refractivity contribution in [1.82, 2.24) is 5.48 Å². The van der Waals surface area contributed by atoms with Gasteiger partial charge in [0.25, 0.3) is 0 Å². The van der Waals surface area contributed by atoms with Crippen molar-refractivity contribution in [3.8, 4) is 0 Å². The van der Waals surface area contributed by atoms with Gasteiger partial charge in [-0.2, -0.15) is 0 Å². The molecule has 14 heavy (non-hydrogen) atoms. The molecule has 2 atom stereocenters. The van der Waals surface area contributed by atoms with Crippen LogP contribution in [-0.2, 0) is 9.53 Å². The third-order valence-electron chi connectivity index (χ3n) is 3.84. The van der Waals surface area contributed by atoms with E-state index in [0.717, 1.165) is 25.7 Å². The Balaban J connectivity index is 2.16. The number of methoxy groups -OCH3 is 1. The topological polar surface area (TPSA) is 58.6 Å². The highest BCUT2D eigenvalue weighted by Crippen LogP contribution is 2.45. The highest BCUT2D eigenvalue weighted by Gasteiger charge is 2.47. The van der Waals surface area contributed by atoms with E-state index in [1.165, 1.54) is 7.11 Å². The van der Waals surface area contributed by atoms with Crippen LogP contribution in [0, 0.1) is 17.8 Å². The zero-order chi connectivity index (χ0) is 10.1. The van der Waals surface area contributed by atoms with Gasteiger partial charge < -0.3 is 9.94 Å². The van der Waals surface area contributed by atoms with Gasteiger partial charge >= 0.3 is 5.97 Å². The number of carbonyl (C=O) groups is 1. The summed E-state index contributed by atoms with van der Waals surface area (Å²) in [6.07, 6.45) is 4.44. The molecule has 2 bridgehead atoms. The average Bonchev–Trinajstić information content (AvgIpc) is 2.28. The fourth-order valence-corrected chi connectivity index (χ4v) is 3.11. The monoisotopic (exact) mass is 199 g/mol. The number of ether oxygens (including phenoxy) is 1. The van der Waals surface area contributed by atoms with E-state index >= 15 is 0 Å².